The van der Waals surface area contributed by atoms with Crippen LogP contribution in [-0.2, 0) is 13.5 Å². The van der Waals surface area contributed by atoms with Crippen LogP contribution in [0.4, 0.5) is 5.69 Å². The first kappa shape index (κ1) is 14.0. The molecule has 0 aromatic carbocycles. The molecule has 0 unspecified atom stereocenters. The van der Waals surface area contributed by atoms with E-state index in [0.29, 0.717) is 5.69 Å². The summed E-state index contributed by atoms with van der Waals surface area (Å²) in [6.45, 7) is 0.754. The first-order chi connectivity index (χ1) is 9.58. The summed E-state index contributed by atoms with van der Waals surface area (Å²) in [5, 5.41) is 3.28. The Bertz CT molecular complexity index is 591. The number of hydrogen-bond acceptors (Lipinski definition) is 4. The third-order valence-corrected chi connectivity index (χ3v) is 2.98. The number of nitrogens with zero attached hydrogens (tertiary/aromatic N) is 4. The number of anilines is 1. The molecule has 0 aliphatic heterocycles. The summed E-state index contributed by atoms with van der Waals surface area (Å²) < 4.78 is 2.00. The molecule has 0 bridgehead atoms. The minimum absolute atomic E-state index is 0.0993. The summed E-state index contributed by atoms with van der Waals surface area (Å²) in [6.07, 6.45) is 6.17. The molecule has 0 saturated heterocycles. The molecule has 2 aromatic heterocycles. The molecule has 2 heterocycles. The van der Waals surface area contributed by atoms with Gasteiger partial charge in [-0.3, -0.25) is 9.78 Å². The Hall–Kier alpha value is -2.37. The zero-order chi connectivity index (χ0) is 14.5. The fourth-order valence-corrected chi connectivity index (χ4v) is 1.84. The molecule has 0 aliphatic carbocycles. The Morgan fingerprint density at radius 3 is 2.80 bits per heavy atom. The Labute approximate surface area is 118 Å². The molecule has 1 N–H and O–H groups in total. The van der Waals surface area contributed by atoms with Crippen molar-refractivity contribution in [1.82, 2.24) is 19.4 Å². The Kier molecular flexibility index (Phi) is 4.34. The Morgan fingerprint density at radius 2 is 2.15 bits per heavy atom. The molecule has 20 heavy (non-hydrogen) atoms. The van der Waals surface area contributed by atoms with E-state index in [1.54, 1.807) is 32.6 Å². The van der Waals surface area contributed by atoms with Gasteiger partial charge in [0.05, 0.1) is 0 Å². The highest BCUT2D eigenvalue weighted by atomic mass is 16.2. The molecule has 2 rings (SSSR count). The monoisotopic (exact) mass is 273 g/mol. The van der Waals surface area contributed by atoms with E-state index in [2.05, 4.69) is 15.3 Å². The van der Waals surface area contributed by atoms with Crippen molar-refractivity contribution in [1.29, 1.82) is 0 Å². The van der Waals surface area contributed by atoms with Crippen LogP contribution in [0.5, 0.6) is 0 Å². The summed E-state index contributed by atoms with van der Waals surface area (Å²) in [7, 11) is 5.40. The topological polar surface area (TPSA) is 63.1 Å². The average molecular weight is 273 g/mol. The van der Waals surface area contributed by atoms with Crippen molar-refractivity contribution < 1.29 is 4.79 Å². The lowest BCUT2D eigenvalue weighted by Crippen LogP contribution is -2.22. The zero-order valence-electron chi connectivity index (χ0n) is 12.0. The SMILES string of the molecule is CN(C)C(=O)c1cc(NCCc2nccn2C)ccn1. The second kappa shape index (κ2) is 6.18. The first-order valence-electron chi connectivity index (χ1n) is 6.45. The minimum atomic E-state index is -0.0993. The molecule has 2 aromatic rings. The van der Waals surface area contributed by atoms with Gasteiger partial charge in [0.25, 0.3) is 5.91 Å². The molecule has 0 spiro atoms. The van der Waals surface area contributed by atoms with Gasteiger partial charge in [-0.1, -0.05) is 0 Å². The summed E-state index contributed by atoms with van der Waals surface area (Å²) in [5.41, 5.74) is 1.33. The number of imidazole rings is 1. The lowest BCUT2D eigenvalue weighted by atomic mass is 10.3. The molecule has 6 nitrogen and oxygen atoms in total. The van der Waals surface area contributed by atoms with Gasteiger partial charge >= 0.3 is 0 Å². The molecule has 0 fully saturated rings. The number of rotatable bonds is 5. The van der Waals surface area contributed by atoms with Crippen LogP contribution < -0.4 is 5.32 Å². The summed E-state index contributed by atoms with van der Waals surface area (Å²) in [6, 6.07) is 3.62. The van der Waals surface area contributed by atoms with E-state index in [-0.39, 0.29) is 5.91 Å². The van der Waals surface area contributed by atoms with Gasteiger partial charge in [0, 0.05) is 58.4 Å². The van der Waals surface area contributed by atoms with Crippen LogP contribution in [0.1, 0.15) is 16.3 Å². The van der Waals surface area contributed by atoms with E-state index in [4.69, 9.17) is 0 Å². The number of hydrogen-bond donors (Lipinski definition) is 1. The number of carbonyl (C=O) groups is 1. The van der Waals surface area contributed by atoms with Crippen molar-refractivity contribution in [2.75, 3.05) is 26.0 Å². The fourth-order valence-electron chi connectivity index (χ4n) is 1.84. The molecule has 0 atom stereocenters. The number of nitrogens with one attached hydrogen (secondary N) is 1. The Morgan fingerprint density at radius 1 is 1.35 bits per heavy atom. The van der Waals surface area contributed by atoms with Gasteiger partial charge in [-0.25, -0.2) is 4.98 Å². The Balaban J connectivity index is 1.95. The molecule has 0 aliphatic rings. The summed E-state index contributed by atoms with van der Waals surface area (Å²) in [4.78, 5) is 21.7. The number of aryl methyl sites for hydroxylation is 1. The van der Waals surface area contributed by atoms with E-state index in [9.17, 15) is 4.79 Å². The predicted molar refractivity (Wildman–Crippen MR) is 77.7 cm³/mol. The van der Waals surface area contributed by atoms with E-state index < -0.39 is 0 Å². The normalized spacial score (nSPS) is 10.3. The second-order valence-electron chi connectivity index (χ2n) is 4.76. The van der Waals surface area contributed by atoms with Crippen LogP contribution in [0.2, 0.25) is 0 Å². The number of amides is 1. The van der Waals surface area contributed by atoms with Crippen LogP contribution in [0.25, 0.3) is 0 Å². The second-order valence-corrected chi connectivity index (χ2v) is 4.76. The van der Waals surface area contributed by atoms with Crippen molar-refractivity contribution in [3.63, 3.8) is 0 Å². The van der Waals surface area contributed by atoms with Gasteiger partial charge in [-0.15, -0.1) is 0 Å². The van der Waals surface area contributed by atoms with Gasteiger partial charge in [0.15, 0.2) is 0 Å². The van der Waals surface area contributed by atoms with Gasteiger partial charge in [0.1, 0.15) is 11.5 Å². The highest BCUT2D eigenvalue weighted by Gasteiger charge is 2.09. The van der Waals surface area contributed by atoms with E-state index in [0.717, 1.165) is 24.5 Å². The third kappa shape index (κ3) is 3.34. The average Bonchev–Trinajstić information content (AvgIpc) is 2.84. The summed E-state index contributed by atoms with van der Waals surface area (Å²) >= 11 is 0. The van der Waals surface area contributed by atoms with Crippen molar-refractivity contribution in [2.24, 2.45) is 7.05 Å². The van der Waals surface area contributed by atoms with Crippen molar-refractivity contribution in [3.8, 4) is 0 Å². The highest BCUT2D eigenvalue weighted by molar-refractivity contribution is 5.92. The van der Waals surface area contributed by atoms with Crippen LogP contribution >= 0.6 is 0 Å². The lowest BCUT2D eigenvalue weighted by molar-refractivity contribution is 0.0822. The molecular weight excluding hydrogens is 254 g/mol. The van der Waals surface area contributed by atoms with Crippen molar-refractivity contribution in [3.05, 3.63) is 42.2 Å². The first-order valence-corrected chi connectivity index (χ1v) is 6.45. The standard InChI is InChI=1S/C14H19N5O/c1-18(2)14(20)12-10-11(4-6-16-12)15-7-5-13-17-8-9-19(13)3/h4,6,8-10H,5,7H2,1-3H3,(H,15,16). The minimum Gasteiger partial charge on any atom is -0.384 e. The van der Waals surface area contributed by atoms with Crippen LogP contribution in [-0.4, -0.2) is 46.0 Å². The maximum absolute atomic E-state index is 11.8. The molecule has 0 radical (unpaired) electrons. The largest absolute Gasteiger partial charge is 0.384 e. The van der Waals surface area contributed by atoms with Gasteiger partial charge < -0.3 is 14.8 Å². The van der Waals surface area contributed by atoms with Crippen LogP contribution in [0.3, 0.4) is 0 Å². The van der Waals surface area contributed by atoms with Crippen molar-refractivity contribution >= 4 is 11.6 Å². The lowest BCUT2D eigenvalue weighted by Gasteiger charge is -2.11. The zero-order valence-corrected chi connectivity index (χ0v) is 12.0. The fraction of sp³-hybridized carbons (Fsp3) is 0.357. The smallest absolute Gasteiger partial charge is 0.272 e. The predicted octanol–water partition coefficient (Wildman–Crippen LogP) is 1.17. The van der Waals surface area contributed by atoms with Crippen molar-refractivity contribution in [2.45, 2.75) is 6.42 Å². The molecule has 6 heteroatoms. The van der Waals surface area contributed by atoms with E-state index in [1.807, 2.05) is 23.9 Å². The number of aromatic nitrogens is 3. The third-order valence-electron chi connectivity index (χ3n) is 2.98. The van der Waals surface area contributed by atoms with Gasteiger partial charge in [-0.05, 0) is 12.1 Å². The molecular formula is C14H19N5O. The van der Waals surface area contributed by atoms with Crippen LogP contribution in [0, 0.1) is 0 Å². The number of carbonyl (C=O) groups excluding carboxylic acids is 1. The highest BCUT2D eigenvalue weighted by Crippen LogP contribution is 2.09. The maximum Gasteiger partial charge on any atom is 0.272 e. The van der Waals surface area contributed by atoms with E-state index >= 15 is 0 Å². The van der Waals surface area contributed by atoms with Crippen LogP contribution in [0.15, 0.2) is 30.7 Å². The number of pyridine rings is 1. The summed E-state index contributed by atoms with van der Waals surface area (Å²) in [5.74, 6) is 0.925. The van der Waals surface area contributed by atoms with Gasteiger partial charge in [-0.2, -0.15) is 0 Å². The maximum atomic E-state index is 11.8. The molecule has 1 amide bonds. The van der Waals surface area contributed by atoms with Gasteiger partial charge in [0.2, 0.25) is 0 Å². The molecule has 0 saturated carbocycles. The molecule has 106 valence electrons. The van der Waals surface area contributed by atoms with E-state index in [1.165, 1.54) is 4.90 Å². The quantitative estimate of drug-likeness (QED) is 0.888.